The van der Waals surface area contributed by atoms with Gasteiger partial charge in [-0.3, -0.25) is 4.79 Å². The zero-order valence-electron chi connectivity index (χ0n) is 11.5. The SMILES string of the molecule is CNc1ccc(Cl)c(C(=O)NC2CCC(C)C2C)n1. The third-order valence-corrected chi connectivity index (χ3v) is 4.40. The van der Waals surface area contributed by atoms with Crippen LogP contribution in [0, 0.1) is 11.8 Å². The van der Waals surface area contributed by atoms with Gasteiger partial charge in [-0.25, -0.2) is 4.98 Å². The lowest BCUT2D eigenvalue weighted by atomic mass is 9.98. The highest BCUT2D eigenvalue weighted by Gasteiger charge is 2.31. The predicted octanol–water partition coefficient (Wildman–Crippen LogP) is 2.94. The average Bonchev–Trinajstić information content (AvgIpc) is 2.71. The summed E-state index contributed by atoms with van der Waals surface area (Å²) in [6, 6.07) is 3.66. The van der Waals surface area contributed by atoms with Crippen LogP contribution in [0.5, 0.6) is 0 Å². The molecule has 1 amide bonds. The van der Waals surface area contributed by atoms with E-state index in [-0.39, 0.29) is 11.9 Å². The third-order valence-electron chi connectivity index (χ3n) is 4.10. The number of carbonyl (C=O) groups is 1. The van der Waals surface area contributed by atoms with Gasteiger partial charge >= 0.3 is 0 Å². The molecule has 0 aromatic carbocycles. The van der Waals surface area contributed by atoms with Crippen LogP contribution >= 0.6 is 11.6 Å². The van der Waals surface area contributed by atoms with E-state index in [9.17, 15) is 4.79 Å². The zero-order valence-corrected chi connectivity index (χ0v) is 12.3. The monoisotopic (exact) mass is 281 g/mol. The van der Waals surface area contributed by atoms with Crippen LogP contribution in [0.15, 0.2) is 12.1 Å². The molecule has 1 saturated carbocycles. The lowest BCUT2D eigenvalue weighted by molar-refractivity contribution is 0.0922. The molecule has 1 aliphatic carbocycles. The third kappa shape index (κ3) is 3.00. The van der Waals surface area contributed by atoms with Crippen LogP contribution in [-0.2, 0) is 0 Å². The second-order valence-corrected chi connectivity index (χ2v) is 5.68. The lowest BCUT2D eigenvalue weighted by Crippen LogP contribution is -2.37. The molecular formula is C14H20ClN3O. The summed E-state index contributed by atoms with van der Waals surface area (Å²) in [6.45, 7) is 4.41. The molecule has 0 aliphatic heterocycles. The Balaban J connectivity index is 2.12. The van der Waals surface area contributed by atoms with E-state index >= 15 is 0 Å². The van der Waals surface area contributed by atoms with E-state index in [1.54, 1.807) is 19.2 Å². The Morgan fingerprint density at radius 3 is 2.68 bits per heavy atom. The molecule has 1 heterocycles. The van der Waals surface area contributed by atoms with E-state index < -0.39 is 0 Å². The number of halogens is 1. The van der Waals surface area contributed by atoms with Crippen molar-refractivity contribution in [2.45, 2.75) is 32.7 Å². The molecule has 1 aromatic heterocycles. The summed E-state index contributed by atoms with van der Waals surface area (Å²) in [5.41, 5.74) is 0.292. The fourth-order valence-electron chi connectivity index (χ4n) is 2.55. The van der Waals surface area contributed by atoms with E-state index in [0.29, 0.717) is 28.4 Å². The average molecular weight is 282 g/mol. The van der Waals surface area contributed by atoms with Gasteiger partial charge in [0.25, 0.3) is 5.91 Å². The topological polar surface area (TPSA) is 54.0 Å². The number of hydrogen-bond acceptors (Lipinski definition) is 3. The van der Waals surface area contributed by atoms with Crippen molar-refractivity contribution in [3.63, 3.8) is 0 Å². The van der Waals surface area contributed by atoms with Gasteiger partial charge in [0.1, 0.15) is 11.5 Å². The molecule has 0 spiro atoms. The minimum Gasteiger partial charge on any atom is -0.373 e. The zero-order chi connectivity index (χ0) is 14.0. The molecule has 2 rings (SSSR count). The fraction of sp³-hybridized carbons (Fsp3) is 0.571. The molecule has 3 unspecified atom stereocenters. The van der Waals surface area contributed by atoms with Crippen molar-refractivity contribution >= 4 is 23.3 Å². The lowest BCUT2D eigenvalue weighted by Gasteiger charge is -2.19. The van der Waals surface area contributed by atoms with Crippen molar-refractivity contribution in [1.82, 2.24) is 10.3 Å². The van der Waals surface area contributed by atoms with Crippen LogP contribution in [0.4, 0.5) is 5.82 Å². The number of rotatable bonds is 3. The van der Waals surface area contributed by atoms with Crippen LogP contribution < -0.4 is 10.6 Å². The van der Waals surface area contributed by atoms with Gasteiger partial charge in [0.15, 0.2) is 0 Å². The Bertz CT molecular complexity index is 478. The molecule has 1 aliphatic rings. The van der Waals surface area contributed by atoms with Crippen molar-refractivity contribution in [2.75, 3.05) is 12.4 Å². The van der Waals surface area contributed by atoms with Gasteiger partial charge in [-0.15, -0.1) is 0 Å². The highest BCUT2D eigenvalue weighted by Crippen LogP contribution is 2.31. The summed E-state index contributed by atoms with van der Waals surface area (Å²) in [5.74, 6) is 1.60. The molecule has 1 fully saturated rings. The first-order valence-corrected chi connectivity index (χ1v) is 7.06. The summed E-state index contributed by atoms with van der Waals surface area (Å²) in [5, 5.41) is 6.35. The van der Waals surface area contributed by atoms with Crippen LogP contribution in [-0.4, -0.2) is 24.0 Å². The fourth-order valence-corrected chi connectivity index (χ4v) is 2.74. The highest BCUT2D eigenvalue weighted by atomic mass is 35.5. The highest BCUT2D eigenvalue weighted by molar-refractivity contribution is 6.33. The number of carbonyl (C=O) groups excluding carboxylic acids is 1. The van der Waals surface area contributed by atoms with E-state index in [2.05, 4.69) is 29.5 Å². The molecule has 0 radical (unpaired) electrons. The van der Waals surface area contributed by atoms with Crippen LogP contribution in [0.3, 0.4) is 0 Å². The van der Waals surface area contributed by atoms with Gasteiger partial charge in [0, 0.05) is 13.1 Å². The predicted molar refractivity (Wildman–Crippen MR) is 77.6 cm³/mol. The summed E-state index contributed by atoms with van der Waals surface area (Å²) < 4.78 is 0. The van der Waals surface area contributed by atoms with Crippen molar-refractivity contribution in [3.05, 3.63) is 22.8 Å². The summed E-state index contributed by atoms with van der Waals surface area (Å²) in [7, 11) is 1.76. The number of nitrogens with zero attached hydrogens (tertiary/aromatic N) is 1. The van der Waals surface area contributed by atoms with Gasteiger partial charge in [-0.2, -0.15) is 0 Å². The number of amides is 1. The number of anilines is 1. The van der Waals surface area contributed by atoms with Gasteiger partial charge in [0.2, 0.25) is 0 Å². The quantitative estimate of drug-likeness (QED) is 0.896. The Morgan fingerprint density at radius 2 is 2.11 bits per heavy atom. The first-order chi connectivity index (χ1) is 9.02. The molecular weight excluding hydrogens is 262 g/mol. The first-order valence-electron chi connectivity index (χ1n) is 6.68. The van der Waals surface area contributed by atoms with Gasteiger partial charge in [-0.1, -0.05) is 25.4 Å². The normalized spacial score (nSPS) is 26.2. The van der Waals surface area contributed by atoms with E-state index in [1.807, 2.05) is 0 Å². The standard InChI is InChI=1S/C14H20ClN3O/c1-8-4-6-11(9(8)2)17-14(19)13-10(15)5-7-12(16-3)18-13/h5,7-9,11H,4,6H2,1-3H3,(H,16,18)(H,17,19). The molecule has 19 heavy (non-hydrogen) atoms. The number of aromatic nitrogens is 1. The number of nitrogens with one attached hydrogen (secondary N) is 2. The van der Waals surface area contributed by atoms with E-state index in [4.69, 9.17) is 11.6 Å². The van der Waals surface area contributed by atoms with E-state index in [1.165, 1.54) is 0 Å². The number of hydrogen-bond donors (Lipinski definition) is 2. The van der Waals surface area contributed by atoms with Crippen molar-refractivity contribution < 1.29 is 4.79 Å². The maximum atomic E-state index is 12.3. The van der Waals surface area contributed by atoms with Crippen molar-refractivity contribution in [2.24, 2.45) is 11.8 Å². The summed E-state index contributed by atoms with van der Waals surface area (Å²) >= 11 is 6.05. The molecule has 5 heteroatoms. The molecule has 0 saturated heterocycles. The van der Waals surface area contributed by atoms with Crippen molar-refractivity contribution in [1.29, 1.82) is 0 Å². The second kappa shape index (κ2) is 5.78. The molecule has 3 atom stereocenters. The largest absolute Gasteiger partial charge is 0.373 e. The van der Waals surface area contributed by atoms with Crippen molar-refractivity contribution in [3.8, 4) is 0 Å². The smallest absolute Gasteiger partial charge is 0.271 e. The number of pyridine rings is 1. The van der Waals surface area contributed by atoms with Crippen LogP contribution in [0.25, 0.3) is 0 Å². The summed E-state index contributed by atoms with van der Waals surface area (Å²) in [6.07, 6.45) is 2.18. The van der Waals surface area contributed by atoms with Gasteiger partial charge in [0.05, 0.1) is 5.02 Å². The Morgan fingerprint density at radius 1 is 1.37 bits per heavy atom. The Kier molecular flexibility index (Phi) is 4.30. The molecule has 4 nitrogen and oxygen atoms in total. The second-order valence-electron chi connectivity index (χ2n) is 5.27. The van der Waals surface area contributed by atoms with Gasteiger partial charge < -0.3 is 10.6 Å². The minimum atomic E-state index is -0.187. The molecule has 0 bridgehead atoms. The van der Waals surface area contributed by atoms with Crippen LogP contribution in [0.2, 0.25) is 5.02 Å². The van der Waals surface area contributed by atoms with Gasteiger partial charge in [-0.05, 0) is 36.8 Å². The first kappa shape index (κ1) is 14.1. The maximum Gasteiger partial charge on any atom is 0.271 e. The minimum absolute atomic E-state index is 0.187. The Hall–Kier alpha value is -1.29. The molecule has 2 N–H and O–H groups in total. The summed E-state index contributed by atoms with van der Waals surface area (Å²) in [4.78, 5) is 16.5. The van der Waals surface area contributed by atoms with Crippen LogP contribution in [0.1, 0.15) is 37.2 Å². The molecule has 104 valence electrons. The van der Waals surface area contributed by atoms with E-state index in [0.717, 1.165) is 12.8 Å². The Labute approximate surface area is 118 Å². The maximum absolute atomic E-state index is 12.3. The molecule has 1 aromatic rings.